The van der Waals surface area contributed by atoms with Crippen molar-refractivity contribution in [1.82, 2.24) is 10.3 Å². The Bertz CT molecular complexity index is 575. The second kappa shape index (κ2) is 8.08. The van der Waals surface area contributed by atoms with E-state index in [4.69, 9.17) is 23.2 Å². The van der Waals surface area contributed by atoms with Crippen LogP contribution in [0.2, 0.25) is 10.0 Å². The van der Waals surface area contributed by atoms with Crippen molar-refractivity contribution in [3.05, 3.63) is 28.2 Å². The van der Waals surface area contributed by atoms with Gasteiger partial charge in [0.2, 0.25) is 0 Å². The first-order valence-corrected chi connectivity index (χ1v) is 9.82. The molecule has 4 nitrogen and oxygen atoms in total. The number of thioether (sulfide) groups is 1. The Labute approximate surface area is 152 Å². The van der Waals surface area contributed by atoms with Gasteiger partial charge in [-0.3, -0.25) is 5.01 Å². The summed E-state index contributed by atoms with van der Waals surface area (Å²) in [5.41, 5.74) is 4.31. The van der Waals surface area contributed by atoms with Gasteiger partial charge in [-0.25, -0.2) is 10.4 Å². The SMILES string of the molecule is CC1N=C(SCCN2CCCCC2)N(c2ccc(Cl)c(Cl)c2)N1. The van der Waals surface area contributed by atoms with Gasteiger partial charge in [0.15, 0.2) is 5.17 Å². The van der Waals surface area contributed by atoms with Crippen LogP contribution in [0.3, 0.4) is 0 Å². The van der Waals surface area contributed by atoms with E-state index in [9.17, 15) is 0 Å². The van der Waals surface area contributed by atoms with Crippen molar-refractivity contribution in [3.63, 3.8) is 0 Å². The van der Waals surface area contributed by atoms with Gasteiger partial charge < -0.3 is 4.90 Å². The van der Waals surface area contributed by atoms with Crippen LogP contribution in [0.15, 0.2) is 23.2 Å². The lowest BCUT2D eigenvalue weighted by atomic mass is 10.1. The van der Waals surface area contributed by atoms with Crippen LogP contribution in [0.1, 0.15) is 26.2 Å². The smallest absolute Gasteiger partial charge is 0.180 e. The fourth-order valence-corrected chi connectivity index (χ4v) is 4.20. The minimum absolute atomic E-state index is 0.0712. The van der Waals surface area contributed by atoms with E-state index in [2.05, 4.69) is 15.3 Å². The summed E-state index contributed by atoms with van der Waals surface area (Å²) < 4.78 is 0. The number of nitrogens with one attached hydrogen (secondary N) is 1. The summed E-state index contributed by atoms with van der Waals surface area (Å²) in [5, 5.41) is 4.13. The van der Waals surface area contributed by atoms with Crippen molar-refractivity contribution >= 4 is 45.8 Å². The highest BCUT2D eigenvalue weighted by atomic mass is 35.5. The predicted molar refractivity (Wildman–Crippen MR) is 102 cm³/mol. The molecule has 2 heterocycles. The van der Waals surface area contributed by atoms with Gasteiger partial charge >= 0.3 is 0 Å². The number of anilines is 1. The number of hydrazine groups is 1. The summed E-state index contributed by atoms with van der Waals surface area (Å²) in [5.74, 6) is 1.05. The van der Waals surface area contributed by atoms with Gasteiger partial charge in [0.25, 0.3) is 0 Å². The Hall–Kier alpha value is -0.460. The van der Waals surface area contributed by atoms with E-state index in [-0.39, 0.29) is 6.17 Å². The summed E-state index contributed by atoms with van der Waals surface area (Å²) in [6, 6.07) is 5.65. The molecule has 3 rings (SSSR count). The normalized spacial score (nSPS) is 22.5. The minimum atomic E-state index is 0.0712. The van der Waals surface area contributed by atoms with Gasteiger partial charge in [-0.1, -0.05) is 41.4 Å². The second-order valence-electron chi connectivity index (χ2n) is 5.90. The van der Waals surface area contributed by atoms with E-state index >= 15 is 0 Å². The van der Waals surface area contributed by atoms with Gasteiger partial charge in [-0.2, -0.15) is 0 Å². The van der Waals surface area contributed by atoms with Gasteiger partial charge in [0.05, 0.1) is 15.7 Å². The summed E-state index contributed by atoms with van der Waals surface area (Å²) in [4.78, 5) is 7.23. The number of hydrogen-bond donors (Lipinski definition) is 1. The van der Waals surface area contributed by atoms with Gasteiger partial charge in [-0.15, -0.1) is 0 Å². The topological polar surface area (TPSA) is 30.9 Å². The molecule has 1 aromatic carbocycles. The molecule has 23 heavy (non-hydrogen) atoms. The lowest BCUT2D eigenvalue weighted by molar-refractivity contribution is 0.242. The number of likely N-dealkylation sites (tertiary alicyclic amines) is 1. The molecule has 2 aliphatic rings. The standard InChI is InChI=1S/C16H22Cl2N4S/c1-12-19-16(23-10-9-21-7-3-2-4-8-21)22(20-12)13-5-6-14(17)15(18)11-13/h5-6,11-12,20H,2-4,7-10H2,1H3. The maximum absolute atomic E-state index is 6.14. The average Bonchev–Trinajstić information content (AvgIpc) is 2.92. The highest BCUT2D eigenvalue weighted by molar-refractivity contribution is 8.14. The number of rotatable bonds is 4. The third kappa shape index (κ3) is 4.54. The van der Waals surface area contributed by atoms with E-state index < -0.39 is 0 Å². The molecule has 0 bridgehead atoms. The molecule has 0 saturated carbocycles. The van der Waals surface area contributed by atoms with Gasteiger partial charge in [0, 0.05) is 12.3 Å². The number of aliphatic imine (C=N–C) groups is 1. The van der Waals surface area contributed by atoms with Crippen LogP contribution >= 0.6 is 35.0 Å². The molecule has 0 spiro atoms. The monoisotopic (exact) mass is 372 g/mol. The van der Waals surface area contributed by atoms with Crippen LogP contribution in [0.25, 0.3) is 0 Å². The molecule has 1 fully saturated rings. The van der Waals surface area contributed by atoms with E-state index in [1.807, 2.05) is 30.1 Å². The lowest BCUT2D eigenvalue weighted by Gasteiger charge is -2.26. The van der Waals surface area contributed by atoms with Crippen LogP contribution in [-0.4, -0.2) is 41.6 Å². The Balaban J connectivity index is 1.59. The van der Waals surface area contributed by atoms with Crippen molar-refractivity contribution in [2.24, 2.45) is 4.99 Å². The molecule has 1 unspecified atom stereocenters. The number of piperidine rings is 1. The fraction of sp³-hybridized carbons (Fsp3) is 0.562. The van der Waals surface area contributed by atoms with Crippen LogP contribution in [-0.2, 0) is 0 Å². The van der Waals surface area contributed by atoms with Crippen molar-refractivity contribution in [1.29, 1.82) is 0 Å². The maximum Gasteiger partial charge on any atom is 0.180 e. The number of hydrogen-bond acceptors (Lipinski definition) is 5. The number of nitrogens with zero attached hydrogens (tertiary/aromatic N) is 3. The second-order valence-corrected chi connectivity index (χ2v) is 7.78. The van der Waals surface area contributed by atoms with E-state index in [0.717, 1.165) is 23.2 Å². The number of benzene rings is 1. The zero-order valence-corrected chi connectivity index (χ0v) is 15.6. The molecule has 7 heteroatoms. The molecular formula is C16H22Cl2N4S. The molecule has 0 aromatic heterocycles. The molecule has 1 saturated heterocycles. The first kappa shape index (κ1) is 17.4. The molecule has 1 aromatic rings. The van der Waals surface area contributed by atoms with Crippen LogP contribution in [0, 0.1) is 0 Å². The number of halogens is 2. The zero-order valence-electron chi connectivity index (χ0n) is 13.3. The van der Waals surface area contributed by atoms with Crippen molar-refractivity contribution in [3.8, 4) is 0 Å². The van der Waals surface area contributed by atoms with Crippen molar-refractivity contribution in [2.75, 3.05) is 30.4 Å². The van der Waals surface area contributed by atoms with Crippen molar-refractivity contribution in [2.45, 2.75) is 32.4 Å². The first-order valence-electron chi connectivity index (χ1n) is 8.08. The van der Waals surface area contributed by atoms with Crippen LogP contribution in [0.4, 0.5) is 5.69 Å². The third-order valence-electron chi connectivity index (χ3n) is 4.06. The Kier molecular flexibility index (Phi) is 6.10. The quantitative estimate of drug-likeness (QED) is 0.855. The summed E-state index contributed by atoms with van der Waals surface area (Å²) in [6.45, 7) is 5.63. The summed E-state index contributed by atoms with van der Waals surface area (Å²) in [6.07, 6.45) is 4.11. The Morgan fingerprint density at radius 2 is 2.00 bits per heavy atom. The Morgan fingerprint density at radius 3 is 2.74 bits per heavy atom. The maximum atomic E-state index is 6.14. The minimum Gasteiger partial charge on any atom is -0.303 e. The predicted octanol–water partition coefficient (Wildman–Crippen LogP) is 4.24. The zero-order chi connectivity index (χ0) is 16.2. The van der Waals surface area contributed by atoms with E-state index in [1.54, 1.807) is 11.8 Å². The summed E-state index contributed by atoms with van der Waals surface area (Å²) in [7, 11) is 0. The molecule has 0 aliphatic carbocycles. The molecule has 2 aliphatic heterocycles. The fourth-order valence-electron chi connectivity index (χ4n) is 2.85. The first-order chi connectivity index (χ1) is 11.1. The summed E-state index contributed by atoms with van der Waals surface area (Å²) >= 11 is 13.9. The third-order valence-corrected chi connectivity index (χ3v) is 5.73. The molecule has 1 N–H and O–H groups in total. The largest absolute Gasteiger partial charge is 0.303 e. The highest BCUT2D eigenvalue weighted by Gasteiger charge is 2.24. The van der Waals surface area contributed by atoms with Crippen molar-refractivity contribution < 1.29 is 0 Å². The lowest BCUT2D eigenvalue weighted by Crippen LogP contribution is -2.39. The van der Waals surface area contributed by atoms with Gasteiger partial charge in [0.1, 0.15) is 6.17 Å². The van der Waals surface area contributed by atoms with E-state index in [1.165, 1.54) is 32.4 Å². The average molecular weight is 373 g/mol. The number of amidine groups is 1. The van der Waals surface area contributed by atoms with Crippen LogP contribution < -0.4 is 10.4 Å². The van der Waals surface area contributed by atoms with Crippen LogP contribution in [0.5, 0.6) is 0 Å². The molecule has 0 radical (unpaired) electrons. The molecule has 0 amide bonds. The molecule has 1 atom stereocenters. The molecule has 126 valence electrons. The van der Waals surface area contributed by atoms with E-state index in [0.29, 0.717) is 10.0 Å². The molecular weight excluding hydrogens is 351 g/mol. The Morgan fingerprint density at radius 1 is 1.22 bits per heavy atom. The highest BCUT2D eigenvalue weighted by Crippen LogP contribution is 2.29. The van der Waals surface area contributed by atoms with Gasteiger partial charge in [-0.05, 0) is 51.1 Å².